The van der Waals surface area contributed by atoms with E-state index in [2.05, 4.69) is 24.9 Å². The van der Waals surface area contributed by atoms with Crippen molar-refractivity contribution in [2.24, 2.45) is 5.92 Å². The van der Waals surface area contributed by atoms with Crippen LogP contribution in [0, 0.1) is 19.8 Å². The quantitative estimate of drug-likeness (QED) is 0.707. The smallest absolute Gasteiger partial charge is 0.0375 e. The predicted octanol–water partition coefficient (Wildman–Crippen LogP) is 3.43. The van der Waals surface area contributed by atoms with E-state index in [1.165, 1.54) is 43.2 Å². The van der Waals surface area contributed by atoms with Crippen LogP contribution in [0.15, 0.2) is 12.3 Å². The maximum atomic E-state index is 4.29. The topological polar surface area (TPSA) is 12.9 Å². The van der Waals surface area contributed by atoms with E-state index in [0.29, 0.717) is 0 Å². The third-order valence-corrected chi connectivity index (χ3v) is 3.11. The van der Waals surface area contributed by atoms with Crippen molar-refractivity contribution in [2.45, 2.75) is 46.0 Å². The fourth-order valence-electron chi connectivity index (χ4n) is 1.94. The van der Waals surface area contributed by atoms with Gasteiger partial charge >= 0.3 is 0 Å². The van der Waals surface area contributed by atoms with Crippen molar-refractivity contribution in [2.75, 3.05) is 0 Å². The van der Waals surface area contributed by atoms with E-state index in [4.69, 9.17) is 0 Å². The average Bonchev–Trinajstić information content (AvgIpc) is 2.95. The second-order valence-electron chi connectivity index (χ2n) is 4.59. The maximum Gasteiger partial charge on any atom is 0.0375 e. The molecule has 0 saturated heterocycles. The molecule has 14 heavy (non-hydrogen) atoms. The van der Waals surface area contributed by atoms with E-state index < -0.39 is 0 Å². The molecule has 1 aromatic heterocycles. The van der Waals surface area contributed by atoms with Crippen LogP contribution in [0.25, 0.3) is 0 Å². The molecule has 1 aliphatic rings. The molecule has 0 amide bonds. The lowest BCUT2D eigenvalue weighted by molar-refractivity contribution is 0.664. The van der Waals surface area contributed by atoms with Crippen LogP contribution in [0.5, 0.6) is 0 Å². The molecular formula is C13H19N. The summed E-state index contributed by atoms with van der Waals surface area (Å²) in [6.07, 6.45) is 8.99. The van der Waals surface area contributed by atoms with Crippen molar-refractivity contribution in [3.8, 4) is 0 Å². The van der Waals surface area contributed by atoms with Crippen molar-refractivity contribution < 1.29 is 0 Å². The van der Waals surface area contributed by atoms with Gasteiger partial charge in [-0.3, -0.25) is 4.98 Å². The summed E-state index contributed by atoms with van der Waals surface area (Å²) in [5, 5.41) is 0. The van der Waals surface area contributed by atoms with Gasteiger partial charge in [0.05, 0.1) is 0 Å². The number of aromatic nitrogens is 1. The molecule has 0 spiro atoms. The van der Waals surface area contributed by atoms with Gasteiger partial charge in [-0.25, -0.2) is 0 Å². The lowest BCUT2D eigenvalue weighted by atomic mass is 10.0. The Kier molecular flexibility index (Phi) is 2.85. The van der Waals surface area contributed by atoms with Crippen LogP contribution in [0.3, 0.4) is 0 Å². The molecule has 1 aliphatic carbocycles. The van der Waals surface area contributed by atoms with Crippen molar-refractivity contribution in [1.82, 2.24) is 4.98 Å². The number of nitrogens with zero attached hydrogens (tertiary/aromatic N) is 1. The van der Waals surface area contributed by atoms with E-state index >= 15 is 0 Å². The molecule has 1 saturated carbocycles. The monoisotopic (exact) mass is 189 g/mol. The number of aryl methyl sites for hydroxylation is 3. The average molecular weight is 189 g/mol. The van der Waals surface area contributed by atoms with Gasteiger partial charge in [0.25, 0.3) is 0 Å². The fraction of sp³-hybridized carbons (Fsp3) is 0.615. The van der Waals surface area contributed by atoms with E-state index in [9.17, 15) is 0 Å². The fourth-order valence-corrected chi connectivity index (χ4v) is 1.94. The molecule has 1 heteroatoms. The molecule has 1 heterocycles. The second kappa shape index (κ2) is 4.12. The highest BCUT2D eigenvalue weighted by Crippen LogP contribution is 2.33. The number of pyridine rings is 1. The molecular weight excluding hydrogens is 170 g/mol. The molecule has 0 N–H and O–H groups in total. The SMILES string of the molecule is Cc1cc(CCCC2CC2)c(C)cn1. The van der Waals surface area contributed by atoms with Gasteiger partial charge in [0.15, 0.2) is 0 Å². The Labute approximate surface area is 86.6 Å². The van der Waals surface area contributed by atoms with Gasteiger partial charge in [-0.15, -0.1) is 0 Å². The molecule has 1 nitrogen and oxygen atoms in total. The molecule has 76 valence electrons. The van der Waals surface area contributed by atoms with Crippen molar-refractivity contribution in [3.63, 3.8) is 0 Å². The maximum absolute atomic E-state index is 4.29. The Balaban J connectivity index is 1.89. The minimum absolute atomic E-state index is 1.07. The first-order valence-electron chi connectivity index (χ1n) is 5.68. The summed E-state index contributed by atoms with van der Waals surface area (Å²) in [6.45, 7) is 4.24. The highest BCUT2D eigenvalue weighted by Gasteiger charge is 2.20. The molecule has 1 aromatic rings. The highest BCUT2D eigenvalue weighted by atomic mass is 14.7. The molecule has 0 bridgehead atoms. The van der Waals surface area contributed by atoms with Gasteiger partial charge in [-0.1, -0.05) is 19.3 Å². The molecule has 0 atom stereocenters. The zero-order valence-electron chi connectivity index (χ0n) is 9.21. The minimum Gasteiger partial charge on any atom is -0.261 e. The van der Waals surface area contributed by atoms with Crippen LogP contribution >= 0.6 is 0 Å². The van der Waals surface area contributed by atoms with Gasteiger partial charge in [0.2, 0.25) is 0 Å². The molecule has 1 fully saturated rings. The zero-order valence-corrected chi connectivity index (χ0v) is 9.21. The first-order valence-corrected chi connectivity index (χ1v) is 5.68. The predicted molar refractivity (Wildman–Crippen MR) is 59.4 cm³/mol. The van der Waals surface area contributed by atoms with Crippen LogP contribution in [-0.2, 0) is 6.42 Å². The van der Waals surface area contributed by atoms with Gasteiger partial charge in [0, 0.05) is 11.9 Å². The first-order chi connectivity index (χ1) is 6.75. The van der Waals surface area contributed by atoms with E-state index in [0.717, 1.165) is 11.6 Å². The molecule has 0 radical (unpaired) electrons. The molecule has 0 aromatic carbocycles. The third-order valence-electron chi connectivity index (χ3n) is 3.11. The van der Waals surface area contributed by atoms with Gasteiger partial charge in [-0.2, -0.15) is 0 Å². The van der Waals surface area contributed by atoms with E-state index in [1.54, 1.807) is 0 Å². The third kappa shape index (κ3) is 2.57. The number of hydrogen-bond donors (Lipinski definition) is 0. The second-order valence-corrected chi connectivity index (χ2v) is 4.59. The van der Waals surface area contributed by atoms with E-state index in [-0.39, 0.29) is 0 Å². The normalized spacial score (nSPS) is 15.9. The Hall–Kier alpha value is -0.850. The van der Waals surface area contributed by atoms with E-state index in [1.807, 2.05) is 6.20 Å². The summed E-state index contributed by atoms with van der Waals surface area (Å²) in [6, 6.07) is 2.24. The Bertz CT molecular complexity index is 313. The molecule has 0 unspecified atom stereocenters. The summed E-state index contributed by atoms with van der Waals surface area (Å²) < 4.78 is 0. The largest absolute Gasteiger partial charge is 0.261 e. The Morgan fingerprint density at radius 2 is 2.14 bits per heavy atom. The van der Waals surface area contributed by atoms with Gasteiger partial charge < -0.3 is 0 Å². The van der Waals surface area contributed by atoms with Gasteiger partial charge in [0.1, 0.15) is 0 Å². The van der Waals surface area contributed by atoms with Crippen LogP contribution in [0.4, 0.5) is 0 Å². The minimum atomic E-state index is 1.07. The van der Waals surface area contributed by atoms with Crippen molar-refractivity contribution in [1.29, 1.82) is 0 Å². The Morgan fingerprint density at radius 1 is 1.36 bits per heavy atom. The molecule has 0 aliphatic heterocycles. The van der Waals surface area contributed by atoms with Crippen LogP contribution in [0.1, 0.15) is 42.5 Å². The Morgan fingerprint density at radius 3 is 2.86 bits per heavy atom. The summed E-state index contributed by atoms with van der Waals surface area (Å²) in [5.74, 6) is 1.07. The lowest BCUT2D eigenvalue weighted by Gasteiger charge is -2.05. The van der Waals surface area contributed by atoms with Crippen molar-refractivity contribution >= 4 is 0 Å². The summed E-state index contributed by atoms with van der Waals surface area (Å²) in [5.41, 5.74) is 4.00. The molecule has 2 rings (SSSR count). The number of hydrogen-bond acceptors (Lipinski definition) is 1. The van der Waals surface area contributed by atoms with Crippen LogP contribution in [0.2, 0.25) is 0 Å². The lowest BCUT2D eigenvalue weighted by Crippen LogP contribution is -1.93. The standard InChI is InChI=1S/C13H19N/c1-10-9-14-11(2)8-13(10)5-3-4-12-6-7-12/h8-9,12H,3-7H2,1-2H3. The zero-order chi connectivity index (χ0) is 9.97. The summed E-state index contributed by atoms with van der Waals surface area (Å²) in [4.78, 5) is 4.29. The summed E-state index contributed by atoms with van der Waals surface area (Å²) in [7, 11) is 0. The van der Waals surface area contributed by atoms with Crippen LogP contribution < -0.4 is 0 Å². The number of rotatable bonds is 4. The van der Waals surface area contributed by atoms with Crippen molar-refractivity contribution in [3.05, 3.63) is 29.1 Å². The first kappa shape index (κ1) is 9.70. The van der Waals surface area contributed by atoms with Gasteiger partial charge in [-0.05, 0) is 49.8 Å². The van der Waals surface area contributed by atoms with Crippen LogP contribution in [-0.4, -0.2) is 4.98 Å². The highest BCUT2D eigenvalue weighted by molar-refractivity contribution is 5.25. The summed E-state index contributed by atoms with van der Waals surface area (Å²) >= 11 is 0.